The van der Waals surface area contributed by atoms with Crippen molar-refractivity contribution in [3.05, 3.63) is 64.0 Å². The number of carboxylic acids is 1. The molecule has 0 radical (unpaired) electrons. The van der Waals surface area contributed by atoms with Crippen molar-refractivity contribution in [3.8, 4) is 5.75 Å². The fraction of sp³-hybridized carbons (Fsp3) is 0.105. The van der Waals surface area contributed by atoms with Crippen LogP contribution in [0.2, 0.25) is 5.02 Å². The van der Waals surface area contributed by atoms with Crippen LogP contribution in [0, 0.1) is 0 Å². The monoisotopic (exact) mass is 402 g/mol. The molecule has 0 aliphatic carbocycles. The van der Waals surface area contributed by atoms with E-state index in [0.717, 1.165) is 5.56 Å². The highest BCUT2D eigenvalue weighted by molar-refractivity contribution is 8.18. The molecule has 1 aliphatic heterocycles. The third-order valence-electron chi connectivity index (χ3n) is 3.47. The summed E-state index contributed by atoms with van der Waals surface area (Å²) in [5.41, 5.74) is 1.53. The van der Waals surface area contributed by atoms with Gasteiger partial charge in [0, 0.05) is 5.02 Å². The van der Waals surface area contributed by atoms with Gasteiger partial charge in [-0.25, -0.2) is 4.99 Å². The Balaban J connectivity index is 1.65. The Bertz CT molecular complexity index is 908. The predicted octanol–water partition coefficient (Wildman–Crippen LogP) is 4.09. The Kier molecular flexibility index (Phi) is 6.16. The number of aliphatic carboxylic acids is 1. The number of amidine groups is 1. The topological polar surface area (TPSA) is 88.0 Å². The summed E-state index contributed by atoms with van der Waals surface area (Å²) in [4.78, 5) is 27.5. The molecule has 27 heavy (non-hydrogen) atoms. The molecule has 1 heterocycles. The number of amides is 1. The van der Waals surface area contributed by atoms with E-state index in [1.165, 1.54) is 11.8 Å². The standard InChI is InChI=1S/C19H15ClN2O4S/c20-13-3-5-14(6-4-13)21-19-22-18(25)16(27-19)11-12-1-7-15(8-2-12)26-10-9-17(23)24/h1-8,11H,9-10H2,(H,23,24)(H,21,22,25)/b16-11+. The molecule has 0 atom stereocenters. The summed E-state index contributed by atoms with van der Waals surface area (Å²) in [5, 5.41) is 12.5. The first-order chi connectivity index (χ1) is 13.0. The van der Waals surface area contributed by atoms with Gasteiger partial charge in [0.2, 0.25) is 0 Å². The van der Waals surface area contributed by atoms with Gasteiger partial charge in [-0.15, -0.1) is 0 Å². The summed E-state index contributed by atoms with van der Waals surface area (Å²) in [6.07, 6.45) is 1.70. The molecule has 1 amide bonds. The molecule has 0 saturated carbocycles. The van der Waals surface area contributed by atoms with E-state index >= 15 is 0 Å². The molecule has 138 valence electrons. The second kappa shape index (κ2) is 8.75. The maximum atomic E-state index is 12.1. The van der Waals surface area contributed by atoms with Crippen LogP contribution in [0.15, 0.2) is 58.4 Å². The molecule has 8 heteroatoms. The Morgan fingerprint density at radius 2 is 1.89 bits per heavy atom. The molecule has 3 rings (SSSR count). The van der Waals surface area contributed by atoms with Gasteiger partial charge >= 0.3 is 5.97 Å². The van der Waals surface area contributed by atoms with Crippen molar-refractivity contribution in [2.24, 2.45) is 4.99 Å². The molecule has 2 N–H and O–H groups in total. The van der Waals surface area contributed by atoms with Gasteiger partial charge in [0.15, 0.2) is 5.17 Å². The van der Waals surface area contributed by atoms with Crippen LogP contribution in [0.4, 0.5) is 5.69 Å². The van der Waals surface area contributed by atoms with Crippen LogP contribution in [-0.2, 0) is 9.59 Å². The predicted molar refractivity (Wildman–Crippen MR) is 106 cm³/mol. The number of carbonyl (C=O) groups is 2. The lowest BCUT2D eigenvalue weighted by atomic mass is 10.2. The number of benzene rings is 2. The van der Waals surface area contributed by atoms with E-state index in [4.69, 9.17) is 21.4 Å². The molecule has 1 aliphatic rings. The number of nitrogens with zero attached hydrogens (tertiary/aromatic N) is 1. The first kappa shape index (κ1) is 19.0. The van der Waals surface area contributed by atoms with E-state index in [1.54, 1.807) is 54.6 Å². The molecule has 0 unspecified atom stereocenters. The molecular weight excluding hydrogens is 388 g/mol. The van der Waals surface area contributed by atoms with Crippen molar-refractivity contribution in [2.45, 2.75) is 6.42 Å². The summed E-state index contributed by atoms with van der Waals surface area (Å²) in [6.45, 7) is 0.110. The molecule has 6 nitrogen and oxygen atoms in total. The number of rotatable bonds is 6. The number of carbonyl (C=O) groups excluding carboxylic acids is 1. The van der Waals surface area contributed by atoms with Crippen LogP contribution >= 0.6 is 23.4 Å². The Morgan fingerprint density at radius 1 is 1.19 bits per heavy atom. The zero-order chi connectivity index (χ0) is 19.2. The molecule has 1 saturated heterocycles. The molecule has 0 aromatic heterocycles. The number of halogens is 1. The van der Waals surface area contributed by atoms with Crippen molar-refractivity contribution in [1.82, 2.24) is 5.32 Å². The summed E-state index contributed by atoms with van der Waals surface area (Å²) >= 11 is 7.11. The average molecular weight is 403 g/mol. The van der Waals surface area contributed by atoms with Crippen molar-refractivity contribution in [3.63, 3.8) is 0 Å². The van der Waals surface area contributed by atoms with Crippen LogP contribution in [0.5, 0.6) is 5.75 Å². The van der Waals surface area contributed by atoms with Crippen molar-refractivity contribution in [2.75, 3.05) is 6.61 Å². The van der Waals surface area contributed by atoms with Crippen LogP contribution in [0.25, 0.3) is 6.08 Å². The quantitative estimate of drug-likeness (QED) is 0.710. The van der Waals surface area contributed by atoms with Gasteiger partial charge < -0.3 is 15.2 Å². The third-order valence-corrected chi connectivity index (χ3v) is 4.63. The molecule has 2 aromatic carbocycles. The van der Waals surface area contributed by atoms with E-state index in [1.807, 2.05) is 0 Å². The zero-order valence-corrected chi connectivity index (χ0v) is 15.6. The number of aliphatic imine (C=N–C) groups is 1. The SMILES string of the molecule is O=C(O)CCOc1ccc(/C=C2/SC(=Nc3ccc(Cl)cc3)NC2=O)cc1. The second-order valence-electron chi connectivity index (χ2n) is 5.52. The minimum absolute atomic E-state index is 0.0572. The van der Waals surface area contributed by atoms with E-state index in [9.17, 15) is 9.59 Å². The first-order valence-electron chi connectivity index (χ1n) is 7.99. The van der Waals surface area contributed by atoms with Crippen molar-refractivity contribution in [1.29, 1.82) is 0 Å². The van der Waals surface area contributed by atoms with Gasteiger partial charge in [-0.1, -0.05) is 23.7 Å². The number of hydrogen-bond donors (Lipinski definition) is 2. The van der Waals surface area contributed by atoms with Gasteiger partial charge in [-0.2, -0.15) is 0 Å². The van der Waals surface area contributed by atoms with Crippen LogP contribution in [-0.4, -0.2) is 28.8 Å². The summed E-state index contributed by atoms with van der Waals surface area (Å²) in [5.74, 6) is -0.543. The van der Waals surface area contributed by atoms with Gasteiger partial charge in [-0.3, -0.25) is 9.59 Å². The van der Waals surface area contributed by atoms with E-state index in [2.05, 4.69) is 10.3 Å². The van der Waals surface area contributed by atoms with Gasteiger partial charge in [0.05, 0.1) is 23.6 Å². The van der Waals surface area contributed by atoms with Crippen LogP contribution < -0.4 is 10.1 Å². The smallest absolute Gasteiger partial charge is 0.306 e. The van der Waals surface area contributed by atoms with Crippen LogP contribution in [0.3, 0.4) is 0 Å². The molecule has 0 spiro atoms. The van der Waals surface area contributed by atoms with E-state index in [-0.39, 0.29) is 18.9 Å². The Morgan fingerprint density at radius 3 is 2.56 bits per heavy atom. The van der Waals surface area contributed by atoms with Crippen molar-refractivity contribution < 1.29 is 19.4 Å². The van der Waals surface area contributed by atoms with Gasteiger partial charge in [0.1, 0.15) is 5.75 Å². The van der Waals surface area contributed by atoms with E-state index < -0.39 is 5.97 Å². The molecule has 1 fully saturated rings. The molecule has 0 bridgehead atoms. The number of thioether (sulfide) groups is 1. The lowest BCUT2D eigenvalue weighted by Crippen LogP contribution is -2.19. The normalized spacial score (nSPS) is 16.6. The minimum Gasteiger partial charge on any atom is -0.493 e. The molecule has 2 aromatic rings. The fourth-order valence-electron chi connectivity index (χ4n) is 2.18. The fourth-order valence-corrected chi connectivity index (χ4v) is 3.15. The third kappa shape index (κ3) is 5.60. The van der Waals surface area contributed by atoms with Gasteiger partial charge in [0.25, 0.3) is 5.91 Å². The second-order valence-corrected chi connectivity index (χ2v) is 6.99. The molecular formula is C19H15ClN2O4S. The number of nitrogens with one attached hydrogen (secondary N) is 1. The highest BCUT2D eigenvalue weighted by Crippen LogP contribution is 2.28. The number of ether oxygens (including phenoxy) is 1. The Labute approximate surface area is 164 Å². The summed E-state index contributed by atoms with van der Waals surface area (Å²) < 4.78 is 5.34. The number of carboxylic acid groups (broad SMARTS) is 1. The highest BCUT2D eigenvalue weighted by atomic mass is 35.5. The van der Waals surface area contributed by atoms with Gasteiger partial charge in [-0.05, 0) is 59.8 Å². The lowest BCUT2D eigenvalue weighted by Gasteiger charge is -2.04. The summed E-state index contributed by atoms with van der Waals surface area (Å²) in [6, 6.07) is 14.1. The zero-order valence-electron chi connectivity index (χ0n) is 14.0. The van der Waals surface area contributed by atoms with Crippen molar-refractivity contribution >= 4 is 52.2 Å². The Hall–Kier alpha value is -2.77. The lowest BCUT2D eigenvalue weighted by molar-refractivity contribution is -0.137. The maximum absolute atomic E-state index is 12.1. The number of hydrogen-bond acceptors (Lipinski definition) is 5. The highest BCUT2D eigenvalue weighted by Gasteiger charge is 2.23. The largest absolute Gasteiger partial charge is 0.493 e. The minimum atomic E-state index is -0.906. The maximum Gasteiger partial charge on any atom is 0.306 e. The van der Waals surface area contributed by atoms with E-state index in [0.29, 0.717) is 26.5 Å². The summed E-state index contributed by atoms with van der Waals surface area (Å²) in [7, 11) is 0. The average Bonchev–Trinajstić information content (AvgIpc) is 2.97. The van der Waals surface area contributed by atoms with Crippen LogP contribution in [0.1, 0.15) is 12.0 Å². The first-order valence-corrected chi connectivity index (χ1v) is 9.19.